The third-order valence-corrected chi connectivity index (χ3v) is 4.62. The molecule has 0 aromatic heterocycles. The van der Waals surface area contributed by atoms with Crippen LogP contribution in [0.1, 0.15) is 34.3 Å². The van der Waals surface area contributed by atoms with Crippen LogP contribution in [0.5, 0.6) is 0 Å². The van der Waals surface area contributed by atoms with Gasteiger partial charge in [-0.1, -0.05) is 6.07 Å². The molecule has 2 heterocycles. The Morgan fingerprint density at radius 3 is 2.67 bits per heavy atom. The highest BCUT2D eigenvalue weighted by Gasteiger charge is 2.29. The molecule has 2 aromatic carbocycles. The Hall–Kier alpha value is -2.69. The maximum Gasteiger partial charge on any atom is 0.255 e. The Labute approximate surface area is 139 Å². The van der Waals surface area contributed by atoms with Crippen molar-refractivity contribution in [3.05, 3.63) is 58.9 Å². The van der Waals surface area contributed by atoms with Gasteiger partial charge in [-0.3, -0.25) is 9.59 Å². The molecule has 0 bridgehead atoms. The maximum atomic E-state index is 13.3. The van der Waals surface area contributed by atoms with E-state index in [2.05, 4.69) is 5.32 Å². The molecular formula is C19H17FN2O2. The number of nitrogens with one attached hydrogen (secondary N) is 1. The quantitative estimate of drug-likeness (QED) is 0.921. The number of hydrogen-bond donors (Lipinski definition) is 1. The molecule has 0 unspecified atom stereocenters. The van der Waals surface area contributed by atoms with E-state index in [1.165, 1.54) is 18.2 Å². The van der Waals surface area contributed by atoms with Crippen molar-refractivity contribution < 1.29 is 14.0 Å². The first kappa shape index (κ1) is 14.9. The fourth-order valence-electron chi connectivity index (χ4n) is 3.56. The molecule has 0 saturated carbocycles. The van der Waals surface area contributed by atoms with Crippen LogP contribution in [0.4, 0.5) is 15.8 Å². The highest BCUT2D eigenvalue weighted by molar-refractivity contribution is 6.05. The lowest BCUT2D eigenvalue weighted by Gasteiger charge is -2.35. The normalized spacial score (nSPS) is 15.9. The molecular weight excluding hydrogens is 307 g/mol. The summed E-state index contributed by atoms with van der Waals surface area (Å²) in [5.74, 6) is -0.585. The number of anilines is 2. The Bertz CT molecular complexity index is 830. The molecule has 0 aliphatic carbocycles. The van der Waals surface area contributed by atoms with E-state index in [0.717, 1.165) is 36.2 Å². The monoisotopic (exact) mass is 324 g/mol. The maximum absolute atomic E-state index is 13.3. The van der Waals surface area contributed by atoms with Crippen molar-refractivity contribution in [2.24, 2.45) is 0 Å². The SMILES string of the molecule is O=C(Nc1cc2c3c(c1)CCC(=O)N3CCC2)c1cccc(F)c1. The molecule has 0 fully saturated rings. The number of hydrogen-bond acceptors (Lipinski definition) is 2. The fourth-order valence-corrected chi connectivity index (χ4v) is 3.56. The summed E-state index contributed by atoms with van der Waals surface area (Å²) in [5, 5.41) is 2.85. The highest BCUT2D eigenvalue weighted by atomic mass is 19.1. The van der Waals surface area contributed by atoms with Gasteiger partial charge < -0.3 is 10.2 Å². The molecule has 122 valence electrons. The van der Waals surface area contributed by atoms with Crippen molar-refractivity contribution in [2.45, 2.75) is 25.7 Å². The third kappa shape index (κ3) is 2.56. The number of halogens is 1. The molecule has 2 aliphatic heterocycles. The van der Waals surface area contributed by atoms with Gasteiger partial charge in [0.05, 0.1) is 5.69 Å². The van der Waals surface area contributed by atoms with Crippen LogP contribution in [0.15, 0.2) is 36.4 Å². The smallest absolute Gasteiger partial charge is 0.255 e. The molecule has 5 heteroatoms. The molecule has 4 rings (SSSR count). The van der Waals surface area contributed by atoms with Crippen LogP contribution in [-0.2, 0) is 17.6 Å². The van der Waals surface area contributed by atoms with Crippen LogP contribution in [0, 0.1) is 5.82 Å². The van der Waals surface area contributed by atoms with Gasteiger partial charge in [0, 0.05) is 24.2 Å². The lowest BCUT2D eigenvalue weighted by Crippen LogP contribution is -2.39. The standard InChI is InChI=1S/C19H17FN2O2/c20-15-5-1-3-14(9-15)19(24)21-16-10-12-4-2-8-22-17(23)7-6-13(11-16)18(12)22/h1,3,5,9-11H,2,4,6-8H2,(H,21,24). The van der Waals surface area contributed by atoms with Crippen molar-refractivity contribution in [1.29, 1.82) is 0 Å². The van der Waals surface area contributed by atoms with Crippen LogP contribution >= 0.6 is 0 Å². The zero-order chi connectivity index (χ0) is 16.7. The molecule has 0 atom stereocenters. The van der Waals surface area contributed by atoms with Crippen molar-refractivity contribution in [1.82, 2.24) is 0 Å². The number of rotatable bonds is 2. The van der Waals surface area contributed by atoms with E-state index >= 15 is 0 Å². The molecule has 0 spiro atoms. The Morgan fingerprint density at radius 1 is 1.08 bits per heavy atom. The molecule has 4 nitrogen and oxygen atoms in total. The summed E-state index contributed by atoms with van der Waals surface area (Å²) in [5.41, 5.74) is 4.22. The number of aryl methyl sites for hydroxylation is 2. The van der Waals surface area contributed by atoms with Crippen LogP contribution in [-0.4, -0.2) is 18.4 Å². The number of carbonyl (C=O) groups excluding carboxylic acids is 2. The summed E-state index contributed by atoms with van der Waals surface area (Å²) in [4.78, 5) is 26.3. The fraction of sp³-hybridized carbons (Fsp3) is 0.263. The molecule has 2 aromatic rings. The van der Waals surface area contributed by atoms with Gasteiger partial charge in [-0.2, -0.15) is 0 Å². The number of nitrogens with zero attached hydrogens (tertiary/aromatic N) is 1. The van der Waals surface area contributed by atoms with Crippen LogP contribution in [0.3, 0.4) is 0 Å². The third-order valence-electron chi connectivity index (χ3n) is 4.62. The zero-order valence-electron chi connectivity index (χ0n) is 13.1. The summed E-state index contributed by atoms with van der Waals surface area (Å²) >= 11 is 0. The summed E-state index contributed by atoms with van der Waals surface area (Å²) in [6.07, 6.45) is 3.03. The van der Waals surface area contributed by atoms with E-state index in [-0.39, 0.29) is 17.4 Å². The van der Waals surface area contributed by atoms with Crippen molar-refractivity contribution in [3.63, 3.8) is 0 Å². The molecule has 24 heavy (non-hydrogen) atoms. The second-order valence-corrected chi connectivity index (χ2v) is 6.26. The lowest BCUT2D eigenvalue weighted by molar-refractivity contribution is -0.119. The second-order valence-electron chi connectivity index (χ2n) is 6.26. The first-order valence-electron chi connectivity index (χ1n) is 8.15. The van der Waals surface area contributed by atoms with E-state index in [1.54, 1.807) is 6.07 Å². The summed E-state index contributed by atoms with van der Waals surface area (Å²) in [6, 6.07) is 9.50. The van der Waals surface area contributed by atoms with E-state index in [0.29, 0.717) is 18.5 Å². The van der Waals surface area contributed by atoms with Gasteiger partial charge in [0.25, 0.3) is 5.91 Å². The van der Waals surface area contributed by atoms with Gasteiger partial charge in [-0.15, -0.1) is 0 Å². The highest BCUT2D eigenvalue weighted by Crippen LogP contribution is 2.37. The van der Waals surface area contributed by atoms with Gasteiger partial charge in [0.2, 0.25) is 5.91 Å². The molecule has 1 N–H and O–H groups in total. The van der Waals surface area contributed by atoms with Gasteiger partial charge in [-0.05, 0) is 60.7 Å². The first-order chi connectivity index (χ1) is 11.6. The number of amides is 2. The molecule has 2 amide bonds. The van der Waals surface area contributed by atoms with E-state index < -0.39 is 5.82 Å². The summed E-state index contributed by atoms with van der Waals surface area (Å²) in [7, 11) is 0. The average molecular weight is 324 g/mol. The number of carbonyl (C=O) groups is 2. The summed E-state index contributed by atoms with van der Waals surface area (Å²) < 4.78 is 13.3. The Kier molecular flexibility index (Phi) is 3.56. The number of benzene rings is 2. The zero-order valence-corrected chi connectivity index (χ0v) is 13.1. The van der Waals surface area contributed by atoms with E-state index in [9.17, 15) is 14.0 Å². The minimum absolute atomic E-state index is 0.181. The Morgan fingerprint density at radius 2 is 1.88 bits per heavy atom. The van der Waals surface area contributed by atoms with Gasteiger partial charge in [-0.25, -0.2) is 4.39 Å². The van der Waals surface area contributed by atoms with Crippen molar-refractivity contribution >= 4 is 23.2 Å². The van der Waals surface area contributed by atoms with Crippen molar-refractivity contribution in [3.8, 4) is 0 Å². The van der Waals surface area contributed by atoms with E-state index in [4.69, 9.17) is 0 Å². The molecule has 0 saturated heterocycles. The van der Waals surface area contributed by atoms with Gasteiger partial charge >= 0.3 is 0 Å². The Balaban J connectivity index is 1.66. The van der Waals surface area contributed by atoms with E-state index in [1.807, 2.05) is 17.0 Å². The van der Waals surface area contributed by atoms with Gasteiger partial charge in [0.1, 0.15) is 5.82 Å². The molecule has 0 radical (unpaired) electrons. The minimum atomic E-state index is -0.433. The second kappa shape index (κ2) is 5.74. The lowest BCUT2D eigenvalue weighted by atomic mass is 9.91. The first-order valence-corrected chi connectivity index (χ1v) is 8.15. The minimum Gasteiger partial charge on any atom is -0.322 e. The predicted octanol–water partition coefficient (Wildman–Crippen LogP) is 3.30. The predicted molar refractivity (Wildman–Crippen MR) is 89.8 cm³/mol. The summed E-state index contributed by atoms with van der Waals surface area (Å²) in [6.45, 7) is 0.772. The molecule has 2 aliphatic rings. The average Bonchev–Trinajstić information content (AvgIpc) is 2.58. The van der Waals surface area contributed by atoms with Gasteiger partial charge in [0.15, 0.2) is 0 Å². The van der Waals surface area contributed by atoms with Crippen molar-refractivity contribution in [2.75, 3.05) is 16.8 Å². The van der Waals surface area contributed by atoms with Crippen LogP contribution in [0.2, 0.25) is 0 Å². The van der Waals surface area contributed by atoms with Crippen LogP contribution < -0.4 is 10.2 Å². The topological polar surface area (TPSA) is 49.4 Å². The van der Waals surface area contributed by atoms with Crippen LogP contribution in [0.25, 0.3) is 0 Å². The largest absolute Gasteiger partial charge is 0.322 e.